The Kier molecular flexibility index (Phi) is 3.25. The molecule has 26 heavy (non-hydrogen) atoms. The van der Waals surface area contributed by atoms with Crippen LogP contribution in [0.25, 0.3) is 27.8 Å². The summed E-state index contributed by atoms with van der Waals surface area (Å²) >= 11 is 0. The Morgan fingerprint density at radius 3 is 2.77 bits per heavy atom. The fraction of sp³-hybridized carbons (Fsp3) is 0.0476. The first-order valence-electron chi connectivity index (χ1n) is 8.52. The van der Waals surface area contributed by atoms with E-state index in [-0.39, 0.29) is 0 Å². The fourth-order valence-corrected chi connectivity index (χ4v) is 3.26. The summed E-state index contributed by atoms with van der Waals surface area (Å²) in [6.07, 6.45) is 7.49. The summed E-state index contributed by atoms with van der Waals surface area (Å²) in [5.41, 5.74) is 6.13. The molecule has 0 amide bonds. The lowest BCUT2D eigenvalue weighted by atomic mass is 10.1. The van der Waals surface area contributed by atoms with E-state index in [2.05, 4.69) is 58.6 Å². The number of hydrogen-bond acceptors (Lipinski definition) is 3. The summed E-state index contributed by atoms with van der Waals surface area (Å²) in [6.45, 7) is 2.08. The second-order valence-electron chi connectivity index (χ2n) is 6.35. The van der Waals surface area contributed by atoms with Crippen molar-refractivity contribution in [1.82, 2.24) is 19.4 Å². The van der Waals surface area contributed by atoms with Crippen LogP contribution in [0.5, 0.6) is 0 Å². The van der Waals surface area contributed by atoms with Gasteiger partial charge in [0.15, 0.2) is 5.65 Å². The van der Waals surface area contributed by atoms with Crippen molar-refractivity contribution in [3.05, 3.63) is 78.9 Å². The lowest BCUT2D eigenvalue weighted by Gasteiger charge is -2.09. The van der Waals surface area contributed by atoms with Crippen molar-refractivity contribution < 1.29 is 0 Å². The van der Waals surface area contributed by atoms with Crippen LogP contribution >= 0.6 is 0 Å². The number of aryl methyl sites for hydroxylation is 1. The van der Waals surface area contributed by atoms with E-state index in [0.29, 0.717) is 0 Å². The zero-order chi connectivity index (χ0) is 17.5. The molecule has 2 aromatic carbocycles. The topological polar surface area (TPSA) is 58.0 Å². The van der Waals surface area contributed by atoms with Gasteiger partial charge in [0.1, 0.15) is 11.5 Å². The van der Waals surface area contributed by atoms with Crippen molar-refractivity contribution in [3.63, 3.8) is 0 Å². The van der Waals surface area contributed by atoms with Gasteiger partial charge < -0.3 is 10.3 Å². The van der Waals surface area contributed by atoms with Gasteiger partial charge in [0.2, 0.25) is 0 Å². The molecule has 0 aliphatic rings. The molecule has 3 aromatic heterocycles. The highest BCUT2D eigenvalue weighted by Gasteiger charge is 2.17. The van der Waals surface area contributed by atoms with Crippen molar-refractivity contribution >= 4 is 28.1 Å². The summed E-state index contributed by atoms with van der Waals surface area (Å²) in [7, 11) is 0. The Balaban J connectivity index is 1.73. The zero-order valence-electron chi connectivity index (χ0n) is 14.3. The first kappa shape index (κ1) is 14.7. The lowest BCUT2D eigenvalue weighted by molar-refractivity contribution is 1.13. The molecule has 2 N–H and O–H groups in total. The second kappa shape index (κ2) is 5.74. The molecule has 0 radical (unpaired) electrons. The summed E-state index contributed by atoms with van der Waals surface area (Å²) in [5.74, 6) is 0.927. The van der Waals surface area contributed by atoms with Crippen molar-refractivity contribution in [2.24, 2.45) is 0 Å². The molecule has 0 saturated carbocycles. The average Bonchev–Trinajstić information content (AvgIpc) is 3.25. The Morgan fingerprint density at radius 1 is 1.04 bits per heavy atom. The minimum absolute atomic E-state index is 0.808. The number of rotatable bonds is 3. The SMILES string of the molecule is Cc1ccc(Nc2c(-c3c[nH]c4ccccc34)nc3cnccn23)cc1. The maximum atomic E-state index is 4.84. The summed E-state index contributed by atoms with van der Waals surface area (Å²) < 4.78 is 2.03. The number of nitrogens with zero attached hydrogens (tertiary/aromatic N) is 3. The molecule has 3 heterocycles. The third-order valence-electron chi connectivity index (χ3n) is 4.59. The van der Waals surface area contributed by atoms with E-state index in [4.69, 9.17) is 4.98 Å². The first-order valence-corrected chi connectivity index (χ1v) is 8.52. The van der Waals surface area contributed by atoms with Crippen molar-refractivity contribution in [2.45, 2.75) is 6.92 Å². The van der Waals surface area contributed by atoms with Gasteiger partial charge in [-0.2, -0.15) is 0 Å². The zero-order valence-corrected chi connectivity index (χ0v) is 14.3. The molecule has 5 aromatic rings. The van der Waals surface area contributed by atoms with E-state index in [1.807, 2.05) is 28.9 Å². The second-order valence-corrected chi connectivity index (χ2v) is 6.35. The van der Waals surface area contributed by atoms with Crippen LogP contribution in [-0.4, -0.2) is 19.4 Å². The molecule has 0 fully saturated rings. The number of hydrogen-bond donors (Lipinski definition) is 2. The lowest BCUT2D eigenvalue weighted by Crippen LogP contribution is -1.97. The number of aromatic amines is 1. The Morgan fingerprint density at radius 2 is 1.88 bits per heavy atom. The van der Waals surface area contributed by atoms with E-state index in [0.717, 1.165) is 39.3 Å². The highest BCUT2D eigenvalue weighted by Crippen LogP contribution is 2.35. The van der Waals surface area contributed by atoms with Crippen molar-refractivity contribution in [1.29, 1.82) is 0 Å². The summed E-state index contributed by atoms with van der Waals surface area (Å²) in [4.78, 5) is 12.4. The molecule has 5 heteroatoms. The number of nitrogens with one attached hydrogen (secondary N) is 2. The quantitative estimate of drug-likeness (QED) is 0.490. The van der Waals surface area contributed by atoms with Crippen LogP contribution in [0.3, 0.4) is 0 Å². The van der Waals surface area contributed by atoms with Crippen LogP contribution in [-0.2, 0) is 0 Å². The third kappa shape index (κ3) is 2.33. The van der Waals surface area contributed by atoms with Gasteiger partial charge >= 0.3 is 0 Å². The highest BCUT2D eigenvalue weighted by molar-refractivity contribution is 5.98. The maximum absolute atomic E-state index is 4.84. The smallest absolute Gasteiger partial charge is 0.157 e. The number of H-pyrrole nitrogens is 1. The first-order chi connectivity index (χ1) is 12.8. The van der Waals surface area contributed by atoms with E-state index in [1.165, 1.54) is 5.56 Å². The van der Waals surface area contributed by atoms with Crippen LogP contribution in [0.15, 0.2) is 73.3 Å². The molecule has 0 aliphatic carbocycles. The van der Waals surface area contributed by atoms with Gasteiger partial charge in [-0.1, -0.05) is 35.9 Å². The van der Waals surface area contributed by atoms with Crippen molar-refractivity contribution in [3.8, 4) is 11.3 Å². The molecule has 0 atom stereocenters. The van der Waals surface area contributed by atoms with E-state index < -0.39 is 0 Å². The summed E-state index contributed by atoms with van der Waals surface area (Å²) in [6, 6.07) is 16.6. The fourth-order valence-electron chi connectivity index (χ4n) is 3.26. The van der Waals surface area contributed by atoms with Crippen LogP contribution in [0.2, 0.25) is 0 Å². The van der Waals surface area contributed by atoms with Gasteiger partial charge in [-0.3, -0.25) is 9.38 Å². The molecule has 126 valence electrons. The number of benzene rings is 2. The molecule has 5 nitrogen and oxygen atoms in total. The predicted octanol–water partition coefficient (Wildman–Crippen LogP) is 4.93. The molecular formula is C21H17N5. The number of aromatic nitrogens is 4. The normalized spacial score (nSPS) is 11.3. The third-order valence-corrected chi connectivity index (χ3v) is 4.59. The van der Waals surface area contributed by atoms with Crippen LogP contribution in [0.1, 0.15) is 5.56 Å². The van der Waals surface area contributed by atoms with Gasteiger partial charge in [0.05, 0.1) is 6.20 Å². The van der Waals surface area contributed by atoms with Gasteiger partial charge in [-0.15, -0.1) is 0 Å². The maximum Gasteiger partial charge on any atom is 0.157 e. The van der Waals surface area contributed by atoms with Gasteiger partial charge in [-0.25, -0.2) is 4.98 Å². The van der Waals surface area contributed by atoms with Crippen LogP contribution in [0.4, 0.5) is 11.5 Å². The molecule has 0 aliphatic heterocycles. The van der Waals surface area contributed by atoms with E-state index >= 15 is 0 Å². The largest absolute Gasteiger partial charge is 0.360 e. The van der Waals surface area contributed by atoms with Gasteiger partial charge in [-0.05, 0) is 25.1 Å². The molecule has 0 saturated heterocycles. The predicted molar refractivity (Wildman–Crippen MR) is 105 cm³/mol. The standard InChI is InChI=1S/C21H17N5/c1-14-6-8-15(9-7-14)24-21-20(25-19-13-22-10-11-26(19)21)17-12-23-18-5-3-2-4-16(17)18/h2-13,23-24H,1H3. The Bertz CT molecular complexity index is 1210. The minimum atomic E-state index is 0.808. The number of anilines is 2. The number of imidazole rings is 1. The highest BCUT2D eigenvalue weighted by atomic mass is 15.1. The van der Waals surface area contributed by atoms with Crippen LogP contribution < -0.4 is 5.32 Å². The van der Waals surface area contributed by atoms with E-state index in [9.17, 15) is 0 Å². The Labute approximate surface area is 150 Å². The monoisotopic (exact) mass is 339 g/mol. The molecule has 0 bridgehead atoms. The molecule has 5 rings (SSSR count). The summed E-state index contributed by atoms with van der Waals surface area (Å²) in [5, 5.41) is 4.68. The average molecular weight is 339 g/mol. The number of para-hydroxylation sites is 1. The van der Waals surface area contributed by atoms with Crippen molar-refractivity contribution in [2.75, 3.05) is 5.32 Å². The van der Waals surface area contributed by atoms with Gasteiger partial charge in [0, 0.05) is 40.7 Å². The van der Waals surface area contributed by atoms with Crippen LogP contribution in [0, 0.1) is 6.92 Å². The molecule has 0 spiro atoms. The Hall–Kier alpha value is -3.60. The van der Waals surface area contributed by atoms with Gasteiger partial charge in [0.25, 0.3) is 0 Å². The molecular weight excluding hydrogens is 322 g/mol. The van der Waals surface area contributed by atoms with E-state index in [1.54, 1.807) is 12.4 Å². The minimum Gasteiger partial charge on any atom is -0.360 e. The number of fused-ring (bicyclic) bond motifs is 2. The molecule has 0 unspecified atom stereocenters.